The first-order chi connectivity index (χ1) is 15.8. The van der Waals surface area contributed by atoms with Gasteiger partial charge in [-0.05, 0) is 55.7 Å². The van der Waals surface area contributed by atoms with E-state index in [0.717, 1.165) is 39.8 Å². The minimum absolute atomic E-state index is 0.109. The number of aromatic nitrogens is 1. The van der Waals surface area contributed by atoms with E-state index in [-0.39, 0.29) is 6.10 Å². The SMILES string of the molecule is CCc1ccc2c(c1)c([C@@H]1O[C@H](CO)[C@@H](O)[C@H](O)[C@H]1O)cn2Cc1ccc(OC(C)C)cc1. The molecule has 5 atom stereocenters. The second-order valence-electron chi connectivity index (χ2n) is 8.98. The van der Waals surface area contributed by atoms with Crippen LogP contribution in [0.25, 0.3) is 10.9 Å². The Labute approximate surface area is 193 Å². The van der Waals surface area contributed by atoms with Gasteiger partial charge in [0.05, 0.1) is 12.7 Å². The Morgan fingerprint density at radius 2 is 1.67 bits per heavy atom. The van der Waals surface area contributed by atoms with Crippen molar-refractivity contribution in [2.75, 3.05) is 6.61 Å². The summed E-state index contributed by atoms with van der Waals surface area (Å²) in [7, 11) is 0. The van der Waals surface area contributed by atoms with E-state index in [2.05, 4.69) is 29.7 Å². The fourth-order valence-electron chi connectivity index (χ4n) is 4.45. The summed E-state index contributed by atoms with van der Waals surface area (Å²) in [6, 6.07) is 14.2. The monoisotopic (exact) mass is 455 g/mol. The number of nitrogens with zero attached hydrogens (tertiary/aromatic N) is 1. The van der Waals surface area contributed by atoms with E-state index in [1.807, 2.05) is 44.3 Å². The molecule has 0 aliphatic carbocycles. The van der Waals surface area contributed by atoms with E-state index < -0.39 is 37.1 Å². The number of aliphatic hydroxyl groups is 4. The molecule has 7 heteroatoms. The number of aliphatic hydroxyl groups excluding tert-OH is 4. The summed E-state index contributed by atoms with van der Waals surface area (Å²) in [5.41, 5.74) is 3.92. The molecule has 1 aliphatic heterocycles. The second kappa shape index (κ2) is 9.83. The maximum Gasteiger partial charge on any atom is 0.119 e. The summed E-state index contributed by atoms with van der Waals surface area (Å²) >= 11 is 0. The molecule has 2 heterocycles. The van der Waals surface area contributed by atoms with Gasteiger partial charge in [-0.25, -0.2) is 0 Å². The van der Waals surface area contributed by atoms with Crippen molar-refractivity contribution in [3.63, 3.8) is 0 Å². The van der Waals surface area contributed by atoms with Gasteiger partial charge >= 0.3 is 0 Å². The minimum Gasteiger partial charge on any atom is -0.491 e. The predicted molar refractivity (Wildman–Crippen MR) is 125 cm³/mol. The molecule has 0 saturated carbocycles. The van der Waals surface area contributed by atoms with Gasteiger partial charge in [-0.15, -0.1) is 0 Å². The first-order valence-corrected chi connectivity index (χ1v) is 11.5. The molecule has 4 N–H and O–H groups in total. The molecule has 2 aromatic carbocycles. The van der Waals surface area contributed by atoms with E-state index in [9.17, 15) is 20.4 Å². The molecular weight excluding hydrogens is 422 g/mol. The lowest BCUT2D eigenvalue weighted by molar-refractivity contribution is -0.231. The number of aryl methyl sites for hydroxylation is 1. The molecule has 1 aliphatic rings. The second-order valence-corrected chi connectivity index (χ2v) is 8.98. The van der Waals surface area contributed by atoms with E-state index in [1.165, 1.54) is 0 Å². The van der Waals surface area contributed by atoms with Gasteiger partial charge in [0.25, 0.3) is 0 Å². The molecule has 0 radical (unpaired) electrons. The topological polar surface area (TPSA) is 104 Å². The Hall–Kier alpha value is -2.42. The summed E-state index contributed by atoms with van der Waals surface area (Å²) in [5, 5.41) is 41.8. The van der Waals surface area contributed by atoms with Crippen LogP contribution in [0.2, 0.25) is 0 Å². The third-order valence-corrected chi connectivity index (χ3v) is 6.23. The minimum atomic E-state index is -1.41. The Morgan fingerprint density at radius 3 is 2.30 bits per heavy atom. The highest BCUT2D eigenvalue weighted by molar-refractivity contribution is 5.85. The fourth-order valence-corrected chi connectivity index (χ4v) is 4.45. The average molecular weight is 456 g/mol. The molecule has 4 rings (SSSR count). The quantitative estimate of drug-likeness (QED) is 0.437. The third-order valence-electron chi connectivity index (χ3n) is 6.23. The maximum atomic E-state index is 10.7. The van der Waals surface area contributed by atoms with Gasteiger partial charge in [0.2, 0.25) is 0 Å². The Kier molecular flexibility index (Phi) is 7.07. The van der Waals surface area contributed by atoms with Crippen molar-refractivity contribution in [1.29, 1.82) is 0 Å². The summed E-state index contributed by atoms with van der Waals surface area (Å²) < 4.78 is 13.7. The largest absolute Gasteiger partial charge is 0.491 e. The van der Waals surface area contributed by atoms with E-state index in [1.54, 1.807) is 0 Å². The van der Waals surface area contributed by atoms with Gasteiger partial charge in [-0.1, -0.05) is 25.1 Å². The van der Waals surface area contributed by atoms with Crippen LogP contribution in [-0.2, 0) is 17.7 Å². The molecule has 0 unspecified atom stereocenters. The third kappa shape index (κ3) is 4.78. The van der Waals surface area contributed by atoms with Gasteiger partial charge < -0.3 is 34.5 Å². The van der Waals surface area contributed by atoms with Gasteiger partial charge in [-0.2, -0.15) is 0 Å². The molecule has 1 aromatic heterocycles. The smallest absolute Gasteiger partial charge is 0.119 e. The highest BCUT2D eigenvalue weighted by Gasteiger charge is 2.44. The van der Waals surface area contributed by atoms with Crippen molar-refractivity contribution in [3.05, 3.63) is 65.4 Å². The van der Waals surface area contributed by atoms with E-state index >= 15 is 0 Å². The summed E-state index contributed by atoms with van der Waals surface area (Å²) in [4.78, 5) is 0. The number of rotatable bonds is 7. The first-order valence-electron chi connectivity index (χ1n) is 11.5. The zero-order valence-corrected chi connectivity index (χ0v) is 19.3. The van der Waals surface area contributed by atoms with Crippen LogP contribution in [0.5, 0.6) is 5.75 Å². The lowest BCUT2D eigenvalue weighted by atomic mass is 9.91. The Balaban J connectivity index is 1.72. The zero-order chi connectivity index (χ0) is 23.7. The summed E-state index contributed by atoms with van der Waals surface area (Å²) in [6.07, 6.45) is -3.05. The Morgan fingerprint density at radius 1 is 0.970 bits per heavy atom. The molecule has 1 saturated heterocycles. The van der Waals surface area contributed by atoms with Gasteiger partial charge in [0.1, 0.15) is 36.3 Å². The number of hydrogen-bond donors (Lipinski definition) is 4. The van der Waals surface area contributed by atoms with Crippen LogP contribution in [0, 0.1) is 0 Å². The predicted octanol–water partition coefficient (Wildman–Crippen LogP) is 2.55. The standard InChI is InChI=1S/C26H33NO6/c1-4-16-7-10-21-19(11-16)20(26-25(31)24(30)23(29)22(14-28)33-26)13-27(21)12-17-5-8-18(9-6-17)32-15(2)3/h5-11,13,15,22-26,28-31H,4,12,14H2,1-3H3/t22-,23-,24+,25-,26+/m1/s1. The Bertz CT molecular complexity index is 1070. The summed E-state index contributed by atoms with van der Waals surface area (Å²) in [6.45, 7) is 6.20. The van der Waals surface area contributed by atoms with Gasteiger partial charge in [0.15, 0.2) is 0 Å². The molecule has 0 bridgehead atoms. The maximum absolute atomic E-state index is 10.7. The number of fused-ring (bicyclic) bond motifs is 1. The van der Waals surface area contributed by atoms with Crippen LogP contribution in [0.15, 0.2) is 48.7 Å². The lowest BCUT2D eigenvalue weighted by Gasteiger charge is -2.40. The summed E-state index contributed by atoms with van der Waals surface area (Å²) in [5.74, 6) is 0.820. The van der Waals surface area contributed by atoms with Crippen molar-refractivity contribution < 1.29 is 29.9 Å². The van der Waals surface area contributed by atoms with Crippen LogP contribution in [-0.4, -0.2) is 62.1 Å². The average Bonchev–Trinajstić information content (AvgIpc) is 3.16. The molecule has 1 fully saturated rings. The number of hydrogen-bond acceptors (Lipinski definition) is 6. The van der Waals surface area contributed by atoms with Gasteiger partial charge in [0, 0.05) is 29.2 Å². The van der Waals surface area contributed by atoms with Crippen LogP contribution in [0.3, 0.4) is 0 Å². The van der Waals surface area contributed by atoms with Gasteiger partial charge in [-0.3, -0.25) is 0 Å². The molecule has 3 aromatic rings. The highest BCUT2D eigenvalue weighted by Crippen LogP contribution is 2.37. The zero-order valence-electron chi connectivity index (χ0n) is 19.3. The molecule has 178 valence electrons. The number of ether oxygens (including phenoxy) is 2. The van der Waals surface area contributed by atoms with Crippen molar-refractivity contribution in [2.24, 2.45) is 0 Å². The van der Waals surface area contributed by atoms with Crippen molar-refractivity contribution in [3.8, 4) is 5.75 Å². The van der Waals surface area contributed by atoms with E-state index in [4.69, 9.17) is 9.47 Å². The van der Waals surface area contributed by atoms with Crippen LogP contribution in [0.4, 0.5) is 0 Å². The van der Waals surface area contributed by atoms with E-state index in [0.29, 0.717) is 6.54 Å². The molecule has 0 amide bonds. The van der Waals surface area contributed by atoms with Crippen LogP contribution in [0.1, 0.15) is 43.6 Å². The van der Waals surface area contributed by atoms with Crippen LogP contribution >= 0.6 is 0 Å². The van der Waals surface area contributed by atoms with Crippen LogP contribution < -0.4 is 4.74 Å². The molecule has 7 nitrogen and oxygen atoms in total. The van der Waals surface area contributed by atoms with Crippen molar-refractivity contribution >= 4 is 10.9 Å². The highest BCUT2D eigenvalue weighted by atomic mass is 16.5. The van der Waals surface area contributed by atoms with Crippen molar-refractivity contribution in [2.45, 2.75) is 70.4 Å². The molecule has 33 heavy (non-hydrogen) atoms. The molecule has 0 spiro atoms. The number of benzene rings is 2. The fraction of sp³-hybridized carbons (Fsp3) is 0.462. The lowest BCUT2D eigenvalue weighted by Crippen LogP contribution is -2.55. The van der Waals surface area contributed by atoms with Crippen molar-refractivity contribution in [1.82, 2.24) is 4.57 Å². The first kappa shape index (κ1) is 23.7. The molecular formula is C26H33NO6. The normalized spacial score (nSPS) is 25.6.